The van der Waals surface area contributed by atoms with Crippen molar-refractivity contribution in [3.05, 3.63) is 16.5 Å². The van der Waals surface area contributed by atoms with E-state index in [1.54, 1.807) is 0 Å². The molecule has 4 rings (SSSR count). The summed E-state index contributed by atoms with van der Waals surface area (Å²) in [5.41, 5.74) is 1.00. The SMILES string of the molecule is CCCc1nc(Cl)c(C)c(NC2C3C4CCC(C4)C23)n1. The van der Waals surface area contributed by atoms with Crippen LogP contribution in [0.1, 0.15) is 44.0 Å². The van der Waals surface area contributed by atoms with Gasteiger partial charge < -0.3 is 5.32 Å². The topological polar surface area (TPSA) is 37.8 Å². The molecule has 0 aliphatic heterocycles. The highest BCUT2D eigenvalue weighted by Gasteiger charge is 2.65. The fourth-order valence-corrected chi connectivity index (χ4v) is 4.87. The first-order valence-corrected chi connectivity index (χ1v) is 8.36. The summed E-state index contributed by atoms with van der Waals surface area (Å²) in [7, 11) is 0. The maximum Gasteiger partial charge on any atom is 0.137 e. The monoisotopic (exact) mass is 291 g/mol. The van der Waals surface area contributed by atoms with E-state index in [2.05, 4.69) is 17.2 Å². The van der Waals surface area contributed by atoms with E-state index in [1.165, 1.54) is 19.3 Å². The Balaban J connectivity index is 1.54. The zero-order valence-corrected chi connectivity index (χ0v) is 13.0. The molecule has 1 heterocycles. The van der Waals surface area contributed by atoms with Crippen molar-refractivity contribution < 1.29 is 0 Å². The summed E-state index contributed by atoms with van der Waals surface area (Å²) in [5, 5.41) is 4.30. The maximum atomic E-state index is 6.26. The Bertz CT molecular complexity index is 529. The van der Waals surface area contributed by atoms with E-state index < -0.39 is 0 Å². The first kappa shape index (κ1) is 12.9. The lowest BCUT2D eigenvalue weighted by Crippen LogP contribution is -2.15. The molecule has 0 saturated heterocycles. The van der Waals surface area contributed by atoms with Crippen molar-refractivity contribution in [3.8, 4) is 0 Å². The summed E-state index contributed by atoms with van der Waals surface area (Å²) in [6.45, 7) is 4.17. The Kier molecular flexibility index (Phi) is 2.95. The van der Waals surface area contributed by atoms with Crippen LogP contribution in [0.5, 0.6) is 0 Å². The van der Waals surface area contributed by atoms with Crippen molar-refractivity contribution in [1.29, 1.82) is 0 Å². The standard InChI is InChI=1S/C16H22ClN3/c1-3-4-11-18-15(17)8(2)16(19-11)20-14-12-9-5-6-10(7-9)13(12)14/h9-10,12-14H,3-7H2,1-2H3,(H,18,19,20). The van der Waals surface area contributed by atoms with Gasteiger partial charge in [0, 0.05) is 18.0 Å². The fraction of sp³-hybridized carbons (Fsp3) is 0.750. The third-order valence-corrected chi connectivity index (χ3v) is 6.01. The number of anilines is 1. The van der Waals surface area contributed by atoms with E-state index in [0.29, 0.717) is 11.2 Å². The first-order chi connectivity index (χ1) is 9.69. The molecule has 0 spiro atoms. The van der Waals surface area contributed by atoms with Gasteiger partial charge in [-0.3, -0.25) is 0 Å². The molecule has 1 aromatic heterocycles. The summed E-state index contributed by atoms with van der Waals surface area (Å²) < 4.78 is 0. The molecule has 0 amide bonds. The third-order valence-electron chi connectivity index (χ3n) is 5.65. The van der Waals surface area contributed by atoms with E-state index in [-0.39, 0.29) is 0 Å². The van der Waals surface area contributed by atoms with Gasteiger partial charge in [-0.15, -0.1) is 0 Å². The Labute approximate surface area is 125 Å². The number of nitrogens with one attached hydrogen (secondary N) is 1. The van der Waals surface area contributed by atoms with Crippen molar-refractivity contribution in [2.45, 2.75) is 52.0 Å². The molecule has 108 valence electrons. The lowest BCUT2D eigenvalue weighted by atomic mass is 10.0. The van der Waals surface area contributed by atoms with Gasteiger partial charge >= 0.3 is 0 Å². The molecule has 3 aliphatic rings. The van der Waals surface area contributed by atoms with Crippen LogP contribution in [-0.4, -0.2) is 16.0 Å². The second-order valence-electron chi connectivity index (χ2n) is 6.81. The largest absolute Gasteiger partial charge is 0.366 e. The van der Waals surface area contributed by atoms with Gasteiger partial charge in [0.1, 0.15) is 16.8 Å². The molecule has 3 nitrogen and oxygen atoms in total. The molecule has 1 aromatic rings. The van der Waals surface area contributed by atoms with E-state index in [4.69, 9.17) is 16.6 Å². The zero-order valence-electron chi connectivity index (χ0n) is 12.2. The number of fused-ring (bicyclic) bond motifs is 5. The summed E-state index contributed by atoms with van der Waals surface area (Å²) in [5.74, 6) is 5.64. The quantitative estimate of drug-likeness (QED) is 0.856. The molecule has 1 N–H and O–H groups in total. The van der Waals surface area contributed by atoms with Crippen molar-refractivity contribution in [1.82, 2.24) is 9.97 Å². The average molecular weight is 292 g/mol. The van der Waals surface area contributed by atoms with Crippen LogP contribution in [0.25, 0.3) is 0 Å². The van der Waals surface area contributed by atoms with Crippen molar-refractivity contribution >= 4 is 17.4 Å². The molecular formula is C16H22ClN3. The zero-order chi connectivity index (χ0) is 13.9. The third kappa shape index (κ3) is 1.86. The van der Waals surface area contributed by atoms with Crippen LogP contribution in [0.15, 0.2) is 0 Å². The van der Waals surface area contributed by atoms with Crippen molar-refractivity contribution in [2.24, 2.45) is 23.7 Å². The van der Waals surface area contributed by atoms with E-state index in [0.717, 1.165) is 53.7 Å². The summed E-state index contributed by atoms with van der Waals surface area (Å²) in [6, 6.07) is 0.653. The average Bonchev–Trinajstić information content (AvgIpc) is 2.82. The van der Waals surface area contributed by atoms with Crippen LogP contribution in [0.2, 0.25) is 5.15 Å². The highest BCUT2D eigenvalue weighted by Crippen LogP contribution is 2.66. The lowest BCUT2D eigenvalue weighted by molar-refractivity contribution is 0.456. The Morgan fingerprint density at radius 2 is 1.90 bits per heavy atom. The van der Waals surface area contributed by atoms with Gasteiger partial charge in [-0.25, -0.2) is 9.97 Å². The van der Waals surface area contributed by atoms with E-state index in [1.807, 2.05) is 6.92 Å². The molecule has 0 aromatic carbocycles. The smallest absolute Gasteiger partial charge is 0.137 e. The Morgan fingerprint density at radius 1 is 1.20 bits per heavy atom. The molecule has 4 unspecified atom stereocenters. The van der Waals surface area contributed by atoms with Gasteiger partial charge in [0.15, 0.2) is 0 Å². The minimum atomic E-state index is 0.611. The van der Waals surface area contributed by atoms with Gasteiger partial charge in [-0.1, -0.05) is 18.5 Å². The molecule has 3 aliphatic carbocycles. The van der Waals surface area contributed by atoms with Crippen LogP contribution < -0.4 is 5.32 Å². The molecule has 0 radical (unpaired) electrons. The van der Waals surface area contributed by atoms with E-state index >= 15 is 0 Å². The van der Waals surface area contributed by atoms with Gasteiger partial charge in [0.05, 0.1) is 0 Å². The molecule has 4 atom stereocenters. The number of hydrogen-bond acceptors (Lipinski definition) is 3. The fourth-order valence-electron chi connectivity index (χ4n) is 4.69. The molecule has 3 fully saturated rings. The van der Waals surface area contributed by atoms with E-state index in [9.17, 15) is 0 Å². The van der Waals surface area contributed by atoms with Crippen molar-refractivity contribution in [3.63, 3.8) is 0 Å². The number of nitrogens with zero attached hydrogens (tertiary/aromatic N) is 2. The predicted octanol–water partition coefficient (Wildman–Crippen LogP) is 3.85. The minimum Gasteiger partial charge on any atom is -0.366 e. The molecule has 2 bridgehead atoms. The first-order valence-electron chi connectivity index (χ1n) is 7.98. The normalized spacial score (nSPS) is 37.0. The number of aromatic nitrogens is 2. The summed E-state index contributed by atoms with van der Waals surface area (Å²) in [6.07, 6.45) is 6.34. The van der Waals surface area contributed by atoms with Crippen LogP contribution in [0.4, 0.5) is 5.82 Å². The van der Waals surface area contributed by atoms with Gasteiger partial charge in [0.25, 0.3) is 0 Å². The van der Waals surface area contributed by atoms with Crippen LogP contribution in [-0.2, 0) is 6.42 Å². The minimum absolute atomic E-state index is 0.611. The number of rotatable bonds is 4. The number of aryl methyl sites for hydroxylation is 1. The van der Waals surface area contributed by atoms with Crippen LogP contribution >= 0.6 is 11.6 Å². The predicted molar refractivity (Wildman–Crippen MR) is 81.0 cm³/mol. The number of hydrogen-bond donors (Lipinski definition) is 1. The Morgan fingerprint density at radius 3 is 2.55 bits per heavy atom. The molecule has 3 saturated carbocycles. The molecule has 4 heteroatoms. The van der Waals surface area contributed by atoms with Gasteiger partial charge in [-0.05, 0) is 56.3 Å². The lowest BCUT2D eigenvalue weighted by Gasteiger charge is -2.14. The highest BCUT2D eigenvalue weighted by atomic mass is 35.5. The molecule has 20 heavy (non-hydrogen) atoms. The Hall–Kier alpha value is -0.830. The van der Waals surface area contributed by atoms with Gasteiger partial charge in [-0.2, -0.15) is 0 Å². The highest BCUT2D eigenvalue weighted by molar-refractivity contribution is 6.30. The maximum absolute atomic E-state index is 6.26. The van der Waals surface area contributed by atoms with Crippen LogP contribution in [0.3, 0.4) is 0 Å². The van der Waals surface area contributed by atoms with Crippen LogP contribution in [0, 0.1) is 30.6 Å². The second kappa shape index (κ2) is 4.59. The second-order valence-corrected chi connectivity index (χ2v) is 7.17. The van der Waals surface area contributed by atoms with Crippen molar-refractivity contribution in [2.75, 3.05) is 5.32 Å². The van der Waals surface area contributed by atoms with Gasteiger partial charge in [0.2, 0.25) is 0 Å². The number of halogens is 1. The summed E-state index contributed by atoms with van der Waals surface area (Å²) >= 11 is 6.26. The molecular weight excluding hydrogens is 270 g/mol. The summed E-state index contributed by atoms with van der Waals surface area (Å²) in [4.78, 5) is 9.07.